The molecule has 1 fully saturated rings. The van der Waals surface area contributed by atoms with E-state index in [0.29, 0.717) is 67.3 Å². The molecule has 44 heavy (non-hydrogen) atoms. The molecule has 1 saturated heterocycles. The van der Waals surface area contributed by atoms with Crippen LogP contribution in [0.5, 0.6) is 0 Å². The highest BCUT2D eigenvalue weighted by Crippen LogP contribution is 2.26. The fraction of sp³-hybridized carbons (Fsp3) is 0.419. The number of piperazine rings is 1. The van der Waals surface area contributed by atoms with Crippen LogP contribution in [0.2, 0.25) is 0 Å². The second kappa shape index (κ2) is 14.1. The zero-order chi connectivity index (χ0) is 31.1. The molecule has 0 radical (unpaired) electrons. The molecule has 4 aromatic rings. The van der Waals surface area contributed by atoms with E-state index in [1.165, 1.54) is 30.7 Å². The molecule has 2 aromatic heterocycles. The third kappa shape index (κ3) is 7.39. The Kier molecular flexibility index (Phi) is 9.82. The van der Waals surface area contributed by atoms with Crippen molar-refractivity contribution in [3.05, 3.63) is 76.4 Å². The average molecular weight is 604 g/mol. The number of urea groups is 1. The number of nitrogens with zero attached hydrogens (tertiary/aromatic N) is 7. The van der Waals surface area contributed by atoms with E-state index >= 15 is 0 Å². The number of halogens is 1. The van der Waals surface area contributed by atoms with Gasteiger partial charge in [0.15, 0.2) is 17.0 Å². The van der Waals surface area contributed by atoms with Crippen molar-refractivity contribution in [1.82, 2.24) is 24.4 Å². The number of non-ortho nitro benzene ring substituents is 1. The molecular weight excluding hydrogens is 565 g/mol. The van der Waals surface area contributed by atoms with Crippen LogP contribution in [-0.4, -0.2) is 68.1 Å². The highest BCUT2D eigenvalue weighted by Gasteiger charge is 2.25. The summed E-state index contributed by atoms with van der Waals surface area (Å²) in [6.45, 7) is 7.54. The molecule has 2 N–H and O–H groups in total. The summed E-state index contributed by atoms with van der Waals surface area (Å²) in [4.78, 5) is 41.7. The lowest BCUT2D eigenvalue weighted by Crippen LogP contribution is -2.50. The number of rotatable bonds is 12. The fourth-order valence-corrected chi connectivity index (χ4v) is 5.30. The minimum atomic E-state index is -0.414. The fourth-order valence-electron chi connectivity index (χ4n) is 5.30. The molecule has 0 spiro atoms. The van der Waals surface area contributed by atoms with Crippen LogP contribution >= 0.6 is 0 Å². The van der Waals surface area contributed by atoms with E-state index in [-0.39, 0.29) is 11.7 Å². The van der Waals surface area contributed by atoms with E-state index in [0.717, 1.165) is 31.4 Å². The molecule has 1 atom stereocenters. The van der Waals surface area contributed by atoms with Crippen molar-refractivity contribution in [2.45, 2.75) is 46.1 Å². The summed E-state index contributed by atoms with van der Waals surface area (Å²) >= 11 is 0. The predicted molar refractivity (Wildman–Crippen MR) is 169 cm³/mol. The number of carbonyl (C=O) groups excluding carboxylic acids is 1. The first kappa shape index (κ1) is 30.6. The number of benzene rings is 2. The van der Waals surface area contributed by atoms with Crippen LogP contribution in [0.3, 0.4) is 0 Å². The van der Waals surface area contributed by atoms with Gasteiger partial charge in [-0.1, -0.05) is 51.3 Å². The number of amides is 2. The Morgan fingerprint density at radius 3 is 2.55 bits per heavy atom. The largest absolute Gasteiger partial charge is 0.368 e. The number of fused-ring (bicyclic) bond motifs is 1. The second-order valence-electron chi connectivity index (χ2n) is 11.1. The van der Waals surface area contributed by atoms with Crippen LogP contribution in [0.4, 0.5) is 32.3 Å². The summed E-state index contributed by atoms with van der Waals surface area (Å²) in [6, 6.07) is 12.0. The van der Waals surface area contributed by atoms with Crippen molar-refractivity contribution >= 4 is 40.3 Å². The molecule has 1 unspecified atom stereocenters. The first-order valence-corrected chi connectivity index (χ1v) is 15.1. The van der Waals surface area contributed by atoms with Crippen LogP contribution in [0.15, 0.2) is 54.9 Å². The first-order valence-electron chi connectivity index (χ1n) is 15.1. The van der Waals surface area contributed by atoms with Gasteiger partial charge in [-0.05, 0) is 36.1 Å². The van der Waals surface area contributed by atoms with Crippen LogP contribution in [0.1, 0.15) is 45.1 Å². The SMILES string of the molecule is CCCCC(CC)CNc1nc(N2CCN(C(=O)Nc3cccc(F)c3)CC2)nc2c1ncn2Cc1ccc([N+](=O)[O-])cc1. The second-order valence-corrected chi connectivity index (χ2v) is 11.1. The number of hydrogen-bond acceptors (Lipinski definition) is 8. The maximum atomic E-state index is 13.6. The third-order valence-corrected chi connectivity index (χ3v) is 7.98. The number of nitrogens with one attached hydrogen (secondary N) is 2. The van der Waals surface area contributed by atoms with Gasteiger partial charge in [-0.2, -0.15) is 9.97 Å². The van der Waals surface area contributed by atoms with E-state index in [1.54, 1.807) is 35.5 Å². The Morgan fingerprint density at radius 2 is 1.86 bits per heavy atom. The smallest absolute Gasteiger partial charge is 0.321 e. The van der Waals surface area contributed by atoms with Gasteiger partial charge in [-0.15, -0.1) is 0 Å². The maximum Gasteiger partial charge on any atom is 0.321 e. The van der Waals surface area contributed by atoms with Gasteiger partial charge in [0.25, 0.3) is 5.69 Å². The Labute approximate surface area is 255 Å². The summed E-state index contributed by atoms with van der Waals surface area (Å²) in [5, 5.41) is 17.4. The van der Waals surface area contributed by atoms with Crippen molar-refractivity contribution in [3.63, 3.8) is 0 Å². The summed E-state index contributed by atoms with van der Waals surface area (Å²) in [5.41, 5.74) is 2.65. The summed E-state index contributed by atoms with van der Waals surface area (Å²) < 4.78 is 15.5. The molecule has 2 aromatic carbocycles. The van der Waals surface area contributed by atoms with Gasteiger partial charge >= 0.3 is 6.03 Å². The van der Waals surface area contributed by atoms with Gasteiger partial charge in [0, 0.05) is 50.5 Å². The molecule has 0 saturated carbocycles. The highest BCUT2D eigenvalue weighted by molar-refractivity contribution is 5.89. The van der Waals surface area contributed by atoms with Gasteiger partial charge in [-0.3, -0.25) is 10.1 Å². The maximum absolute atomic E-state index is 13.6. The van der Waals surface area contributed by atoms with Crippen LogP contribution < -0.4 is 15.5 Å². The van der Waals surface area contributed by atoms with Crippen molar-refractivity contribution in [2.75, 3.05) is 48.3 Å². The van der Waals surface area contributed by atoms with Gasteiger partial charge in [0.1, 0.15) is 5.82 Å². The summed E-state index contributed by atoms with van der Waals surface area (Å²) in [7, 11) is 0. The average Bonchev–Trinajstić information content (AvgIpc) is 3.44. The van der Waals surface area contributed by atoms with Gasteiger partial charge in [0.05, 0.1) is 17.8 Å². The number of hydrogen-bond donors (Lipinski definition) is 2. The Morgan fingerprint density at radius 1 is 1.09 bits per heavy atom. The van der Waals surface area contributed by atoms with E-state index in [1.807, 2.05) is 9.47 Å². The Hall–Kier alpha value is -4.81. The van der Waals surface area contributed by atoms with Crippen molar-refractivity contribution in [2.24, 2.45) is 5.92 Å². The van der Waals surface area contributed by atoms with Crippen molar-refractivity contribution < 1.29 is 14.1 Å². The van der Waals surface area contributed by atoms with E-state index in [4.69, 9.17) is 9.97 Å². The van der Waals surface area contributed by atoms with Crippen molar-refractivity contribution in [1.29, 1.82) is 0 Å². The molecule has 232 valence electrons. The van der Waals surface area contributed by atoms with E-state index < -0.39 is 10.7 Å². The number of nitro benzene ring substituents is 1. The molecule has 0 bridgehead atoms. The van der Waals surface area contributed by atoms with Crippen LogP contribution in [-0.2, 0) is 6.54 Å². The summed E-state index contributed by atoms with van der Waals surface area (Å²) in [6.07, 6.45) is 6.24. The molecule has 1 aliphatic rings. The molecule has 1 aliphatic heterocycles. The molecular formula is C31H38FN9O3. The number of carbonyl (C=O) groups is 1. The van der Waals surface area contributed by atoms with Crippen molar-refractivity contribution in [3.8, 4) is 0 Å². The summed E-state index contributed by atoms with van der Waals surface area (Å²) in [5.74, 6) is 1.30. The number of unbranched alkanes of at least 4 members (excludes halogenated alkanes) is 1. The topological polar surface area (TPSA) is 134 Å². The van der Waals surface area contributed by atoms with Gasteiger partial charge in [-0.25, -0.2) is 14.2 Å². The third-order valence-electron chi connectivity index (χ3n) is 7.98. The van der Waals surface area contributed by atoms with Crippen LogP contribution in [0, 0.1) is 21.8 Å². The number of aromatic nitrogens is 4. The molecule has 0 aliphatic carbocycles. The van der Waals surface area contributed by atoms with Gasteiger partial charge in [0.2, 0.25) is 5.95 Å². The quantitative estimate of drug-likeness (QED) is 0.151. The van der Waals surface area contributed by atoms with Crippen LogP contribution in [0.25, 0.3) is 11.2 Å². The number of anilines is 3. The minimum absolute atomic E-state index is 0.0395. The van der Waals surface area contributed by atoms with E-state index in [9.17, 15) is 19.3 Å². The zero-order valence-electron chi connectivity index (χ0n) is 25.1. The number of imidazole rings is 1. The lowest BCUT2D eigenvalue weighted by Gasteiger charge is -2.34. The normalized spacial score (nSPS) is 14.1. The minimum Gasteiger partial charge on any atom is -0.368 e. The van der Waals surface area contributed by atoms with Gasteiger partial charge < -0.3 is 25.0 Å². The lowest BCUT2D eigenvalue weighted by atomic mass is 9.99. The highest BCUT2D eigenvalue weighted by atomic mass is 19.1. The number of nitro groups is 1. The standard InChI is InChI=1S/C31H38FN9O3/c1-3-5-7-22(4-2)19-33-28-27-29(40(21-34-27)20-23-10-12-26(13-11-23)41(43)44)37-30(36-28)38-14-16-39(17-15-38)31(42)35-25-9-6-8-24(32)18-25/h6,8-13,18,21-22H,3-5,7,14-17,19-20H2,1-2H3,(H,35,42)(H,33,36,37). The van der Waals surface area contributed by atoms with E-state index in [2.05, 4.69) is 29.5 Å². The molecule has 12 nitrogen and oxygen atoms in total. The zero-order valence-corrected chi connectivity index (χ0v) is 25.1. The Balaban J connectivity index is 1.36. The first-order chi connectivity index (χ1) is 21.3. The molecule has 3 heterocycles. The molecule has 5 rings (SSSR count). The predicted octanol–water partition coefficient (Wildman–Crippen LogP) is 5.90. The monoisotopic (exact) mass is 603 g/mol. The molecule has 2 amide bonds. The lowest BCUT2D eigenvalue weighted by molar-refractivity contribution is -0.384. The Bertz CT molecular complexity index is 1590. The molecule has 13 heteroatoms.